The molecule has 0 radical (unpaired) electrons. The second-order valence-corrected chi connectivity index (χ2v) is 10.3. The summed E-state index contributed by atoms with van der Waals surface area (Å²) in [7, 11) is -9.33. The minimum Gasteiger partial charge on any atom is -0.366 e. The van der Waals surface area contributed by atoms with E-state index in [0.29, 0.717) is 0 Å². The molecule has 2 saturated heterocycles. The Bertz CT molecular complexity index is 1100. The number of phosphoric acid groups is 2. The molecule has 6 atom stereocenters. The first-order valence-electron chi connectivity index (χ1n) is 9.96. The van der Waals surface area contributed by atoms with Gasteiger partial charge in [0.05, 0.1) is 19.8 Å². The minimum atomic E-state index is -4.78. The number of phosphoric ester groups is 2. The van der Waals surface area contributed by atoms with Crippen molar-refractivity contribution in [3.05, 3.63) is 64.8 Å². The molecule has 4 rings (SSSR count). The predicted molar refractivity (Wildman–Crippen MR) is 112 cm³/mol. The number of ether oxygens (including phenoxy) is 2. The molecule has 0 spiro atoms. The fraction of sp³-hybridized carbons (Fsp3) is 0.444. The Morgan fingerprint density at radius 1 is 1.30 bits per heavy atom. The number of aromatic nitrogens is 2. The van der Waals surface area contributed by atoms with Crippen molar-refractivity contribution in [1.29, 1.82) is 0 Å². The summed E-state index contributed by atoms with van der Waals surface area (Å²) in [5.74, 6) is 0. The van der Waals surface area contributed by atoms with E-state index in [2.05, 4.69) is 9.51 Å². The SMILES string of the molecule is NCCOP(=O)(O)OP1(=O)OC[C@H]2O[C@@H](n3cccnc3=O)C(OCc3ccccc3)[C@@H]2O1. The van der Waals surface area contributed by atoms with E-state index in [0.717, 1.165) is 5.56 Å². The maximum atomic E-state index is 13.0. The molecule has 0 saturated carbocycles. The van der Waals surface area contributed by atoms with Crippen molar-refractivity contribution in [3.8, 4) is 0 Å². The first-order chi connectivity index (χ1) is 15.8. The van der Waals surface area contributed by atoms with E-state index in [1.54, 1.807) is 6.07 Å². The lowest BCUT2D eigenvalue weighted by Crippen LogP contribution is -2.41. The van der Waals surface area contributed by atoms with Crippen LogP contribution in [0, 0.1) is 0 Å². The van der Waals surface area contributed by atoms with Gasteiger partial charge in [0.2, 0.25) is 0 Å². The third kappa shape index (κ3) is 5.84. The molecular weight excluding hydrogens is 480 g/mol. The number of fused-ring (bicyclic) bond motifs is 1. The van der Waals surface area contributed by atoms with Crippen LogP contribution < -0.4 is 11.4 Å². The number of rotatable bonds is 9. The van der Waals surface area contributed by atoms with Crippen LogP contribution in [-0.2, 0) is 43.1 Å². The second kappa shape index (κ2) is 10.2. The predicted octanol–water partition coefficient (Wildman–Crippen LogP) is 1.34. The second-order valence-electron chi connectivity index (χ2n) is 7.12. The summed E-state index contributed by atoms with van der Waals surface area (Å²) >= 11 is 0. The summed E-state index contributed by atoms with van der Waals surface area (Å²) in [5, 5.41) is 0. The molecule has 3 N–H and O–H groups in total. The van der Waals surface area contributed by atoms with E-state index in [4.69, 9.17) is 28.6 Å². The van der Waals surface area contributed by atoms with E-state index in [9.17, 15) is 18.8 Å². The van der Waals surface area contributed by atoms with Gasteiger partial charge < -0.3 is 20.1 Å². The maximum Gasteiger partial charge on any atom is 0.484 e. The molecule has 2 aromatic rings. The van der Waals surface area contributed by atoms with Crippen LogP contribution in [0.2, 0.25) is 0 Å². The highest BCUT2D eigenvalue weighted by Crippen LogP contribution is 2.66. The number of nitrogens with zero attached hydrogens (tertiary/aromatic N) is 2. The van der Waals surface area contributed by atoms with Crippen molar-refractivity contribution >= 4 is 15.6 Å². The van der Waals surface area contributed by atoms with Crippen LogP contribution in [-0.4, -0.2) is 52.5 Å². The van der Waals surface area contributed by atoms with E-state index in [1.807, 2.05) is 30.3 Å². The van der Waals surface area contributed by atoms with Gasteiger partial charge in [-0.05, 0) is 11.6 Å². The number of hydrogen-bond donors (Lipinski definition) is 2. The Morgan fingerprint density at radius 3 is 2.82 bits per heavy atom. The van der Waals surface area contributed by atoms with Crippen molar-refractivity contribution in [2.24, 2.45) is 5.73 Å². The van der Waals surface area contributed by atoms with E-state index in [1.165, 1.54) is 17.0 Å². The largest absolute Gasteiger partial charge is 0.484 e. The molecule has 2 fully saturated rings. The number of hydrogen-bond acceptors (Lipinski definition) is 11. The third-order valence-corrected chi connectivity index (χ3v) is 7.91. The molecule has 180 valence electrons. The molecule has 33 heavy (non-hydrogen) atoms. The Hall–Kier alpha value is -1.76. The number of nitrogens with two attached hydrogens (primary N) is 1. The molecule has 0 aliphatic carbocycles. The lowest BCUT2D eigenvalue weighted by Gasteiger charge is -2.32. The van der Waals surface area contributed by atoms with Gasteiger partial charge in [-0.25, -0.2) is 18.9 Å². The summed E-state index contributed by atoms with van der Waals surface area (Å²) in [5.41, 5.74) is 5.48. The Morgan fingerprint density at radius 2 is 2.09 bits per heavy atom. The molecule has 2 aliphatic heterocycles. The highest BCUT2D eigenvalue weighted by molar-refractivity contribution is 7.61. The van der Waals surface area contributed by atoms with Gasteiger partial charge in [-0.1, -0.05) is 30.3 Å². The van der Waals surface area contributed by atoms with Crippen molar-refractivity contribution in [3.63, 3.8) is 0 Å². The monoisotopic (exact) mass is 503 g/mol. The van der Waals surface area contributed by atoms with Crippen LogP contribution in [0.15, 0.2) is 53.6 Å². The normalized spacial score (nSPS) is 31.1. The van der Waals surface area contributed by atoms with Crippen molar-refractivity contribution in [2.45, 2.75) is 31.1 Å². The Labute approximate surface area is 188 Å². The molecule has 1 aromatic heterocycles. The van der Waals surface area contributed by atoms with Crippen LogP contribution >= 0.6 is 15.6 Å². The van der Waals surface area contributed by atoms with Gasteiger partial charge in [0.25, 0.3) is 0 Å². The van der Waals surface area contributed by atoms with Gasteiger partial charge >= 0.3 is 21.3 Å². The fourth-order valence-electron chi connectivity index (χ4n) is 3.40. The topological polar surface area (TPSA) is 171 Å². The summed E-state index contributed by atoms with van der Waals surface area (Å²) in [6.45, 7) is -0.556. The molecule has 0 amide bonds. The van der Waals surface area contributed by atoms with Crippen molar-refractivity contribution < 1.29 is 41.4 Å². The highest BCUT2D eigenvalue weighted by atomic mass is 31.3. The lowest BCUT2D eigenvalue weighted by atomic mass is 10.1. The van der Waals surface area contributed by atoms with Crippen molar-refractivity contribution in [1.82, 2.24) is 9.55 Å². The molecule has 0 bridgehead atoms. The first kappa shape index (κ1) is 24.4. The minimum absolute atomic E-state index is 0.0601. The van der Waals surface area contributed by atoms with E-state index < -0.39 is 45.9 Å². The zero-order valence-electron chi connectivity index (χ0n) is 17.2. The zero-order valence-corrected chi connectivity index (χ0v) is 19.0. The molecular formula is C18H23N3O10P2. The van der Waals surface area contributed by atoms with Gasteiger partial charge in [-0.2, -0.15) is 4.31 Å². The zero-order chi connectivity index (χ0) is 23.5. The molecule has 15 heteroatoms. The number of benzene rings is 1. The Kier molecular flexibility index (Phi) is 7.56. The smallest absolute Gasteiger partial charge is 0.366 e. The molecule has 1 aromatic carbocycles. The Balaban J connectivity index is 1.57. The standard InChI is InChI=1S/C18H23N3O10P2/c19-7-10-27-32(23,24)31-33(25)28-12-14-15(30-33)16(26-11-13-5-2-1-3-6-13)17(29-14)21-9-4-8-20-18(21)22/h1-6,8-9,14-17H,7,10-12,19H2,(H,23,24)/t14-,15-,16?,17-,33?/m1/s1. The van der Waals surface area contributed by atoms with E-state index in [-0.39, 0.29) is 26.4 Å². The average Bonchev–Trinajstić information content (AvgIpc) is 3.13. The summed E-state index contributed by atoms with van der Waals surface area (Å²) in [4.78, 5) is 25.8. The van der Waals surface area contributed by atoms with Gasteiger partial charge in [0, 0.05) is 18.9 Å². The van der Waals surface area contributed by atoms with Gasteiger partial charge in [-0.15, -0.1) is 0 Å². The van der Waals surface area contributed by atoms with Gasteiger partial charge in [-0.3, -0.25) is 18.1 Å². The van der Waals surface area contributed by atoms with Crippen molar-refractivity contribution in [2.75, 3.05) is 19.8 Å². The third-order valence-electron chi connectivity index (χ3n) is 4.81. The fourth-order valence-corrected chi connectivity index (χ4v) is 6.23. The highest BCUT2D eigenvalue weighted by Gasteiger charge is 2.56. The van der Waals surface area contributed by atoms with Crippen LogP contribution in [0.3, 0.4) is 0 Å². The average molecular weight is 503 g/mol. The first-order valence-corrected chi connectivity index (χ1v) is 12.9. The molecule has 13 nitrogen and oxygen atoms in total. The quantitative estimate of drug-likeness (QED) is 0.471. The van der Waals surface area contributed by atoms with Crippen LogP contribution in [0.1, 0.15) is 11.8 Å². The van der Waals surface area contributed by atoms with Gasteiger partial charge in [0.15, 0.2) is 6.23 Å². The van der Waals surface area contributed by atoms with Crippen LogP contribution in [0.5, 0.6) is 0 Å². The molecule has 3 unspecified atom stereocenters. The maximum absolute atomic E-state index is 13.0. The molecule has 2 aliphatic rings. The lowest BCUT2D eigenvalue weighted by molar-refractivity contribution is -0.0751. The van der Waals surface area contributed by atoms with Gasteiger partial charge in [0.1, 0.15) is 18.3 Å². The van der Waals surface area contributed by atoms with E-state index >= 15 is 0 Å². The van der Waals surface area contributed by atoms with Crippen LogP contribution in [0.25, 0.3) is 0 Å². The summed E-state index contributed by atoms with van der Waals surface area (Å²) in [6, 6.07) is 10.8. The summed E-state index contributed by atoms with van der Waals surface area (Å²) in [6.07, 6.45) is -1.01. The molecule has 3 heterocycles. The van der Waals surface area contributed by atoms with Crippen LogP contribution in [0.4, 0.5) is 0 Å². The summed E-state index contributed by atoms with van der Waals surface area (Å²) < 4.78 is 58.1.